The number of nitriles is 1. The molecule has 1 rings (SSSR count). The van der Waals surface area contributed by atoms with Crippen molar-refractivity contribution in [2.24, 2.45) is 0 Å². The van der Waals surface area contributed by atoms with E-state index in [4.69, 9.17) is 5.26 Å². The number of nitrogens with one attached hydrogen (secondary N) is 2. The highest BCUT2D eigenvalue weighted by Crippen LogP contribution is 2.21. The van der Waals surface area contributed by atoms with Gasteiger partial charge in [-0.15, -0.1) is 0 Å². The Morgan fingerprint density at radius 2 is 2.20 bits per heavy atom. The zero-order valence-corrected chi connectivity index (χ0v) is 10.4. The summed E-state index contributed by atoms with van der Waals surface area (Å²) >= 11 is 3.16. The Kier molecular flexibility index (Phi) is 3.53. The molecule has 2 N–H and O–H groups in total. The van der Waals surface area contributed by atoms with Crippen molar-refractivity contribution in [3.8, 4) is 6.07 Å². The number of aromatic nitrogens is 1. The van der Waals surface area contributed by atoms with E-state index in [-0.39, 0.29) is 10.7 Å². The summed E-state index contributed by atoms with van der Waals surface area (Å²) in [4.78, 5) is 14.1. The highest BCUT2D eigenvalue weighted by molar-refractivity contribution is 9.10. The number of carbonyl (C=O) groups excluding carboxylic acids is 1. The first kappa shape index (κ1) is 11.8. The van der Waals surface area contributed by atoms with E-state index in [2.05, 4.69) is 32.3 Å². The molecular formula is C10H12BrN3O. The van der Waals surface area contributed by atoms with Crippen LogP contribution in [0.15, 0.2) is 0 Å². The van der Waals surface area contributed by atoms with Crippen LogP contribution in [0.3, 0.4) is 0 Å². The molecule has 1 unspecified atom stereocenters. The van der Waals surface area contributed by atoms with Gasteiger partial charge in [0, 0.05) is 5.69 Å². The monoisotopic (exact) mass is 269 g/mol. The van der Waals surface area contributed by atoms with Crippen molar-refractivity contribution in [2.75, 3.05) is 5.32 Å². The third-order valence-electron chi connectivity index (χ3n) is 2.22. The largest absolute Gasteiger partial charge is 0.344 e. The first-order valence-corrected chi connectivity index (χ1v) is 5.43. The van der Waals surface area contributed by atoms with Crippen LogP contribution in [0, 0.1) is 25.2 Å². The molecule has 5 heteroatoms. The van der Waals surface area contributed by atoms with E-state index in [0.717, 1.165) is 11.3 Å². The lowest BCUT2D eigenvalue weighted by atomic mass is 10.2. The number of carbonyl (C=O) groups is 1. The summed E-state index contributed by atoms with van der Waals surface area (Å²) < 4.78 is 0. The fourth-order valence-corrected chi connectivity index (χ4v) is 1.29. The maximum Gasteiger partial charge on any atom is 0.239 e. The summed E-state index contributed by atoms with van der Waals surface area (Å²) in [5.41, 5.74) is 2.26. The minimum atomic E-state index is -0.284. The lowest BCUT2D eigenvalue weighted by Crippen LogP contribution is -2.20. The lowest BCUT2D eigenvalue weighted by molar-refractivity contribution is -0.115. The molecule has 0 aliphatic heterocycles. The fourth-order valence-electron chi connectivity index (χ4n) is 1.17. The van der Waals surface area contributed by atoms with Crippen molar-refractivity contribution in [3.05, 3.63) is 16.8 Å². The van der Waals surface area contributed by atoms with E-state index in [1.54, 1.807) is 6.92 Å². The van der Waals surface area contributed by atoms with Crippen LogP contribution in [0.5, 0.6) is 0 Å². The van der Waals surface area contributed by atoms with Crippen LogP contribution in [-0.4, -0.2) is 15.7 Å². The van der Waals surface area contributed by atoms with Crippen molar-refractivity contribution in [1.29, 1.82) is 5.26 Å². The number of anilines is 1. The summed E-state index contributed by atoms with van der Waals surface area (Å²) in [6.45, 7) is 5.44. The zero-order valence-electron chi connectivity index (χ0n) is 8.81. The number of amides is 1. The second-order valence-electron chi connectivity index (χ2n) is 3.34. The predicted molar refractivity (Wildman–Crippen MR) is 62.0 cm³/mol. The third kappa shape index (κ3) is 2.39. The standard InChI is InChI=1S/C10H12BrN3O/c1-5-7(3)13-9(8(5)4-12)14-10(15)6(2)11/h6,13H,1-3H3,(H,14,15). The van der Waals surface area contributed by atoms with E-state index in [0.29, 0.717) is 11.4 Å². The molecule has 1 aromatic heterocycles. The van der Waals surface area contributed by atoms with Crippen LogP contribution in [-0.2, 0) is 4.79 Å². The Labute approximate surface area is 96.8 Å². The van der Waals surface area contributed by atoms with E-state index >= 15 is 0 Å². The van der Waals surface area contributed by atoms with Gasteiger partial charge in [0.05, 0.1) is 10.4 Å². The van der Waals surface area contributed by atoms with Gasteiger partial charge in [-0.2, -0.15) is 5.26 Å². The van der Waals surface area contributed by atoms with Gasteiger partial charge >= 0.3 is 0 Å². The van der Waals surface area contributed by atoms with Crippen LogP contribution >= 0.6 is 15.9 Å². The molecule has 15 heavy (non-hydrogen) atoms. The molecule has 0 spiro atoms. The normalized spacial score (nSPS) is 11.9. The van der Waals surface area contributed by atoms with Crippen molar-refractivity contribution in [1.82, 2.24) is 4.98 Å². The van der Waals surface area contributed by atoms with Gasteiger partial charge in [-0.3, -0.25) is 4.79 Å². The zero-order chi connectivity index (χ0) is 11.6. The van der Waals surface area contributed by atoms with Gasteiger partial charge in [0.15, 0.2) is 0 Å². The van der Waals surface area contributed by atoms with Gasteiger partial charge in [-0.05, 0) is 26.3 Å². The second kappa shape index (κ2) is 4.49. The fraction of sp³-hybridized carbons (Fsp3) is 0.400. The number of aryl methyl sites for hydroxylation is 1. The Hall–Kier alpha value is -1.28. The molecule has 0 saturated carbocycles. The van der Waals surface area contributed by atoms with Crippen LogP contribution < -0.4 is 5.32 Å². The number of hydrogen-bond acceptors (Lipinski definition) is 2. The van der Waals surface area contributed by atoms with Crippen molar-refractivity contribution >= 4 is 27.7 Å². The average Bonchev–Trinajstić information content (AvgIpc) is 2.42. The van der Waals surface area contributed by atoms with Gasteiger partial charge in [0.1, 0.15) is 11.9 Å². The minimum Gasteiger partial charge on any atom is -0.344 e. The Bertz CT molecular complexity index is 429. The van der Waals surface area contributed by atoms with Crippen molar-refractivity contribution < 1.29 is 4.79 Å². The van der Waals surface area contributed by atoms with E-state index in [1.165, 1.54) is 0 Å². The molecule has 0 aromatic carbocycles. The quantitative estimate of drug-likeness (QED) is 0.809. The summed E-state index contributed by atoms with van der Waals surface area (Å²) in [5, 5.41) is 11.6. The Morgan fingerprint density at radius 3 is 2.67 bits per heavy atom. The molecule has 0 aliphatic carbocycles. The summed E-state index contributed by atoms with van der Waals surface area (Å²) in [6, 6.07) is 2.07. The number of aromatic amines is 1. The predicted octanol–water partition coefficient (Wildman–Crippen LogP) is 2.23. The molecule has 1 atom stereocenters. The molecule has 1 heterocycles. The Morgan fingerprint density at radius 1 is 1.60 bits per heavy atom. The molecule has 1 aromatic rings. The Balaban J connectivity index is 3.02. The summed E-state index contributed by atoms with van der Waals surface area (Å²) in [7, 11) is 0. The maximum atomic E-state index is 11.4. The number of alkyl halides is 1. The van der Waals surface area contributed by atoms with Crippen molar-refractivity contribution in [2.45, 2.75) is 25.6 Å². The maximum absolute atomic E-state index is 11.4. The molecule has 4 nitrogen and oxygen atoms in total. The topological polar surface area (TPSA) is 68.7 Å². The second-order valence-corrected chi connectivity index (χ2v) is 4.72. The molecule has 1 amide bonds. The number of hydrogen-bond donors (Lipinski definition) is 2. The molecule has 0 aliphatic rings. The molecule has 80 valence electrons. The van der Waals surface area contributed by atoms with E-state index in [1.807, 2.05) is 13.8 Å². The molecule has 0 bridgehead atoms. The average molecular weight is 270 g/mol. The van der Waals surface area contributed by atoms with E-state index < -0.39 is 0 Å². The first-order valence-electron chi connectivity index (χ1n) is 4.51. The third-order valence-corrected chi connectivity index (χ3v) is 2.64. The number of H-pyrrole nitrogens is 1. The molecule has 0 saturated heterocycles. The number of nitrogens with zero attached hydrogens (tertiary/aromatic N) is 1. The summed E-state index contributed by atoms with van der Waals surface area (Å²) in [5.74, 6) is 0.302. The van der Waals surface area contributed by atoms with Crippen LogP contribution in [0.25, 0.3) is 0 Å². The minimum absolute atomic E-state index is 0.173. The smallest absolute Gasteiger partial charge is 0.239 e. The van der Waals surface area contributed by atoms with Crippen LogP contribution in [0.4, 0.5) is 5.82 Å². The van der Waals surface area contributed by atoms with Crippen LogP contribution in [0.1, 0.15) is 23.7 Å². The van der Waals surface area contributed by atoms with Gasteiger partial charge in [-0.1, -0.05) is 15.9 Å². The highest BCUT2D eigenvalue weighted by atomic mass is 79.9. The SMILES string of the molecule is Cc1[nH]c(NC(=O)C(C)Br)c(C#N)c1C. The lowest BCUT2D eigenvalue weighted by Gasteiger charge is -2.04. The highest BCUT2D eigenvalue weighted by Gasteiger charge is 2.15. The van der Waals surface area contributed by atoms with E-state index in [9.17, 15) is 4.79 Å². The van der Waals surface area contributed by atoms with Gasteiger partial charge < -0.3 is 10.3 Å². The molecular weight excluding hydrogens is 258 g/mol. The number of rotatable bonds is 2. The number of halogens is 1. The summed E-state index contributed by atoms with van der Waals surface area (Å²) in [6.07, 6.45) is 0. The van der Waals surface area contributed by atoms with Gasteiger partial charge in [0.25, 0.3) is 0 Å². The first-order chi connectivity index (χ1) is 6.97. The van der Waals surface area contributed by atoms with Gasteiger partial charge in [0.2, 0.25) is 5.91 Å². The van der Waals surface area contributed by atoms with Crippen LogP contribution in [0.2, 0.25) is 0 Å². The molecule has 0 fully saturated rings. The van der Waals surface area contributed by atoms with Gasteiger partial charge in [-0.25, -0.2) is 0 Å². The van der Waals surface area contributed by atoms with Crippen molar-refractivity contribution in [3.63, 3.8) is 0 Å². The molecule has 0 radical (unpaired) electrons.